The van der Waals surface area contributed by atoms with Crippen molar-refractivity contribution in [3.63, 3.8) is 0 Å². The van der Waals surface area contributed by atoms with Gasteiger partial charge in [-0.15, -0.1) is 0 Å². The molecule has 0 bridgehead atoms. The molecule has 0 aliphatic rings. The fourth-order valence-electron chi connectivity index (χ4n) is 2.10. The van der Waals surface area contributed by atoms with E-state index in [1.165, 1.54) is 34.6 Å². The summed E-state index contributed by atoms with van der Waals surface area (Å²) in [4.78, 5) is 21.3. The first-order valence-corrected chi connectivity index (χ1v) is 13.5. The fourth-order valence-corrected chi connectivity index (χ4v) is 11.5. The molecule has 0 fully saturated rings. The summed E-state index contributed by atoms with van der Waals surface area (Å²) in [6.45, 7) is 9.80. The molecule has 0 aromatic heterocycles. The third-order valence-corrected chi connectivity index (χ3v) is 12.0. The van der Waals surface area contributed by atoms with Crippen molar-refractivity contribution >= 4 is 29.5 Å². The van der Waals surface area contributed by atoms with E-state index in [2.05, 4.69) is 27.7 Å². The maximum atomic E-state index is 12.4. The average Bonchev–Trinajstić information content (AvgIpc) is 2.39. The molecule has 0 saturated heterocycles. The molecular formula is C16H32O3Sn. The van der Waals surface area contributed by atoms with Crippen LogP contribution in [-0.2, 0) is 9.59 Å². The number of hydrogen-bond donors (Lipinski definition) is 0. The van der Waals surface area contributed by atoms with Gasteiger partial charge in [-0.05, 0) is 6.92 Å². The van der Waals surface area contributed by atoms with E-state index in [4.69, 9.17) is 9.90 Å². The molecule has 4 heteroatoms. The molecule has 3 nitrogen and oxygen atoms in total. The van der Waals surface area contributed by atoms with Gasteiger partial charge in [0.05, 0.1) is 0 Å². The molecule has 0 atom stereocenters. The molecule has 0 saturated carbocycles. The normalized spacial score (nSPS) is 9.90. The molecule has 0 aliphatic carbocycles. The summed E-state index contributed by atoms with van der Waals surface area (Å²) in [6.07, 6.45) is 7.24. The van der Waals surface area contributed by atoms with E-state index < -0.39 is 25.7 Å². The maximum absolute atomic E-state index is 12.4. The molecule has 0 spiro atoms. The van der Waals surface area contributed by atoms with Crippen LogP contribution >= 0.6 is 0 Å². The Hall–Kier alpha value is -0.0613. The van der Waals surface area contributed by atoms with Crippen LogP contribution in [0.15, 0.2) is 0 Å². The van der Waals surface area contributed by atoms with Crippen LogP contribution < -0.4 is 5.11 Å². The Morgan fingerprint density at radius 3 is 1.55 bits per heavy atom. The van der Waals surface area contributed by atoms with Crippen molar-refractivity contribution in [2.24, 2.45) is 5.92 Å². The van der Waals surface area contributed by atoms with Crippen LogP contribution in [0.4, 0.5) is 0 Å². The summed E-state index contributed by atoms with van der Waals surface area (Å²) < 4.78 is 3.37. The van der Waals surface area contributed by atoms with Gasteiger partial charge < -0.3 is 9.90 Å². The second kappa shape index (κ2) is 15.3. The molecule has 0 N–H and O–H groups in total. The predicted molar refractivity (Wildman–Crippen MR) is 84.9 cm³/mol. The number of carbonyl (C=O) groups excluding carboxylic acids is 2. The Balaban J connectivity index is 0. The van der Waals surface area contributed by atoms with Crippen molar-refractivity contribution in [3.05, 3.63) is 0 Å². The Kier molecular flexibility index (Phi) is 17.0. The molecule has 0 aliphatic heterocycles. The fraction of sp³-hybridized carbons (Fsp3) is 0.875. The van der Waals surface area contributed by atoms with Crippen molar-refractivity contribution in [2.75, 3.05) is 0 Å². The van der Waals surface area contributed by atoms with Crippen molar-refractivity contribution in [1.82, 2.24) is 0 Å². The zero-order chi connectivity index (χ0) is 16.0. The second-order valence-electron chi connectivity index (χ2n) is 5.18. The van der Waals surface area contributed by atoms with Gasteiger partial charge in [-0.3, -0.25) is 0 Å². The van der Waals surface area contributed by atoms with Crippen LogP contribution in [0.25, 0.3) is 0 Å². The van der Waals surface area contributed by atoms with Crippen LogP contribution in [0.3, 0.4) is 0 Å². The minimum absolute atomic E-state index is 0.406. The molecule has 20 heavy (non-hydrogen) atoms. The number of hydrogen-bond acceptors (Lipinski definition) is 3. The summed E-state index contributed by atoms with van der Waals surface area (Å²) in [5.74, 6) is -0.678. The van der Waals surface area contributed by atoms with E-state index in [1.54, 1.807) is 0 Å². The van der Waals surface area contributed by atoms with E-state index in [9.17, 15) is 4.79 Å². The van der Waals surface area contributed by atoms with E-state index in [0.29, 0.717) is 5.92 Å². The Morgan fingerprint density at radius 1 is 0.950 bits per heavy atom. The molecule has 118 valence electrons. The van der Waals surface area contributed by atoms with E-state index in [-0.39, 0.29) is 0 Å². The first-order chi connectivity index (χ1) is 9.44. The van der Waals surface area contributed by atoms with Crippen molar-refractivity contribution in [2.45, 2.75) is 82.0 Å². The van der Waals surface area contributed by atoms with Crippen molar-refractivity contribution < 1.29 is 14.7 Å². The summed E-state index contributed by atoms with van der Waals surface area (Å²) >= 11 is -1.70. The van der Waals surface area contributed by atoms with Crippen LogP contribution in [-0.4, -0.2) is 29.5 Å². The molecular weight excluding hydrogens is 359 g/mol. The Bertz CT molecular complexity index is 238. The number of carbonyl (C=O) groups is 2. The molecule has 0 aromatic rings. The topological polar surface area (TPSA) is 57.2 Å². The van der Waals surface area contributed by atoms with Crippen LogP contribution in [0, 0.1) is 5.92 Å². The molecule has 0 rings (SSSR count). The number of carboxylic acids is 1. The molecule has 0 radical (unpaired) electrons. The van der Waals surface area contributed by atoms with Gasteiger partial charge in [-0.25, -0.2) is 0 Å². The van der Waals surface area contributed by atoms with Gasteiger partial charge in [-0.2, -0.15) is 0 Å². The molecule has 0 amide bonds. The Labute approximate surface area is 132 Å². The summed E-state index contributed by atoms with van der Waals surface area (Å²) in [5.41, 5.74) is 0. The number of aliphatic carboxylic acids is 1. The monoisotopic (exact) mass is 392 g/mol. The zero-order valence-electron chi connectivity index (χ0n) is 14.0. The van der Waals surface area contributed by atoms with Gasteiger partial charge in [0, 0.05) is 5.97 Å². The van der Waals surface area contributed by atoms with Crippen LogP contribution in [0.2, 0.25) is 8.87 Å². The summed E-state index contributed by atoms with van der Waals surface area (Å²) in [7, 11) is 0. The molecule has 0 unspecified atom stereocenters. The van der Waals surface area contributed by atoms with Crippen molar-refractivity contribution in [3.8, 4) is 0 Å². The van der Waals surface area contributed by atoms with Gasteiger partial charge in [0.1, 0.15) is 0 Å². The molecule has 0 aromatic carbocycles. The first kappa shape index (κ1) is 22.2. The zero-order valence-corrected chi connectivity index (χ0v) is 16.8. The van der Waals surface area contributed by atoms with Gasteiger partial charge in [-0.1, -0.05) is 0 Å². The number of carboxylic acid groups (broad SMARTS) is 1. The average molecular weight is 391 g/mol. The minimum atomic E-state index is -1.70. The van der Waals surface area contributed by atoms with Crippen molar-refractivity contribution in [1.29, 1.82) is 0 Å². The van der Waals surface area contributed by atoms with E-state index in [0.717, 1.165) is 23.6 Å². The van der Waals surface area contributed by atoms with Gasteiger partial charge in [0.25, 0.3) is 0 Å². The number of rotatable bonds is 10. The van der Waals surface area contributed by atoms with Gasteiger partial charge in [0.2, 0.25) is 0 Å². The predicted octanol–water partition coefficient (Wildman–Crippen LogP) is 3.38. The van der Waals surface area contributed by atoms with Gasteiger partial charge >= 0.3 is 109 Å². The number of unbranched alkanes of at least 4 members (excludes halogenated alkanes) is 2. The third-order valence-electron chi connectivity index (χ3n) is 3.37. The second-order valence-corrected chi connectivity index (χ2v) is 12.9. The standard InChI is InChI=1S/C6H11O.2C4H9.C2H4O2.Sn/c1-3-6(4-2)5-7;2*1-3-4-2;1-2(3)4;/h6H,3-4H2,1-2H3;2*1,3-4H2,2H3;1H3,(H,3,4);/q;;;;+1/p-1. The SMILES string of the molecule is CC(=O)[O-].CCC[CH2][Sn+]([CH2]CCC)[C](=O)C(CC)CC. The summed E-state index contributed by atoms with van der Waals surface area (Å²) in [6, 6.07) is 0. The third kappa shape index (κ3) is 12.9. The Morgan fingerprint density at radius 2 is 1.30 bits per heavy atom. The molecule has 0 heterocycles. The summed E-state index contributed by atoms with van der Waals surface area (Å²) in [5, 5.41) is 8.89. The quantitative estimate of drug-likeness (QED) is 0.537. The van der Waals surface area contributed by atoms with Crippen LogP contribution in [0.5, 0.6) is 0 Å². The van der Waals surface area contributed by atoms with E-state index >= 15 is 0 Å². The van der Waals surface area contributed by atoms with Gasteiger partial charge in [0.15, 0.2) is 0 Å². The van der Waals surface area contributed by atoms with E-state index in [1.807, 2.05) is 0 Å². The van der Waals surface area contributed by atoms with Crippen LogP contribution in [0.1, 0.15) is 73.1 Å². The first-order valence-electron chi connectivity index (χ1n) is 8.00.